The van der Waals surface area contributed by atoms with Crippen LogP contribution in [0.2, 0.25) is 0 Å². The van der Waals surface area contributed by atoms with Crippen molar-refractivity contribution < 1.29 is 4.39 Å². The van der Waals surface area contributed by atoms with E-state index < -0.39 is 0 Å². The third-order valence-corrected chi connectivity index (χ3v) is 3.10. The van der Waals surface area contributed by atoms with E-state index in [4.69, 9.17) is 12.2 Å². The van der Waals surface area contributed by atoms with Gasteiger partial charge in [-0.05, 0) is 38.0 Å². The summed E-state index contributed by atoms with van der Waals surface area (Å²) in [6.07, 6.45) is 0. The summed E-state index contributed by atoms with van der Waals surface area (Å²) in [5, 5.41) is 0. The maximum Gasteiger partial charge on any atom is 0.195 e. The SMILES string of the molecule is Cc1c2cc(C)c(=S)nc-2[nH]c(F)c1C. The average Bonchev–Trinajstić information content (AvgIpc) is 2.19. The molecule has 2 heterocycles. The number of hydrogen-bond donors (Lipinski definition) is 1. The normalized spacial score (nSPS) is 10.9. The van der Waals surface area contributed by atoms with Crippen molar-refractivity contribution in [2.75, 3.05) is 0 Å². The van der Waals surface area contributed by atoms with Gasteiger partial charge in [-0.2, -0.15) is 4.39 Å². The highest BCUT2D eigenvalue weighted by molar-refractivity contribution is 7.71. The van der Waals surface area contributed by atoms with Crippen LogP contribution >= 0.6 is 12.2 Å². The number of halogens is 1. The zero-order valence-electron chi connectivity index (χ0n) is 8.81. The van der Waals surface area contributed by atoms with Crippen LogP contribution in [0.15, 0.2) is 6.07 Å². The monoisotopic (exact) mass is 222 g/mol. The van der Waals surface area contributed by atoms with Crippen LogP contribution in [0.25, 0.3) is 11.4 Å². The molecule has 2 nitrogen and oxygen atoms in total. The van der Waals surface area contributed by atoms with Gasteiger partial charge in [-0.1, -0.05) is 12.2 Å². The molecule has 0 radical (unpaired) electrons. The van der Waals surface area contributed by atoms with Crippen LogP contribution in [0.4, 0.5) is 4.39 Å². The molecule has 0 aliphatic carbocycles. The smallest absolute Gasteiger partial charge is 0.195 e. The van der Waals surface area contributed by atoms with E-state index in [2.05, 4.69) is 9.97 Å². The van der Waals surface area contributed by atoms with E-state index in [9.17, 15) is 4.39 Å². The number of hydrogen-bond acceptors (Lipinski definition) is 2. The lowest BCUT2D eigenvalue weighted by Crippen LogP contribution is -2.02. The van der Waals surface area contributed by atoms with Crippen molar-refractivity contribution in [3.63, 3.8) is 0 Å². The van der Waals surface area contributed by atoms with Crippen LogP contribution < -0.4 is 0 Å². The third-order valence-electron chi connectivity index (χ3n) is 2.69. The van der Waals surface area contributed by atoms with Crippen molar-refractivity contribution in [2.24, 2.45) is 0 Å². The molecule has 0 atom stereocenters. The molecule has 0 aromatic heterocycles. The molecule has 2 aliphatic rings. The summed E-state index contributed by atoms with van der Waals surface area (Å²) in [4.78, 5) is 6.78. The van der Waals surface area contributed by atoms with Gasteiger partial charge >= 0.3 is 0 Å². The van der Waals surface area contributed by atoms with Crippen LogP contribution in [0.5, 0.6) is 0 Å². The van der Waals surface area contributed by atoms with Gasteiger partial charge in [0.1, 0.15) is 10.5 Å². The first-order chi connectivity index (χ1) is 7.00. The minimum atomic E-state index is -0.342. The molecule has 0 saturated carbocycles. The standard InChI is InChI=1S/C11H11FN2S/c1-5-4-8-6(2)7(3)9(12)13-10(8)14-11(5)15/h4H,1-3H3,(H,13,14,15). The van der Waals surface area contributed by atoms with Crippen molar-refractivity contribution in [3.05, 3.63) is 33.3 Å². The second kappa shape index (κ2) is 3.38. The van der Waals surface area contributed by atoms with E-state index in [0.717, 1.165) is 16.7 Å². The first kappa shape index (κ1) is 10.2. The third kappa shape index (κ3) is 1.55. The van der Waals surface area contributed by atoms with Crippen molar-refractivity contribution in [3.8, 4) is 11.4 Å². The average molecular weight is 222 g/mol. The van der Waals surface area contributed by atoms with Crippen molar-refractivity contribution in [1.29, 1.82) is 0 Å². The molecular weight excluding hydrogens is 211 g/mol. The van der Waals surface area contributed by atoms with Crippen LogP contribution in [0.1, 0.15) is 16.7 Å². The summed E-state index contributed by atoms with van der Waals surface area (Å²) in [6.45, 7) is 5.54. The number of aromatic amines is 1. The molecule has 0 unspecified atom stereocenters. The number of H-pyrrole nitrogens is 1. The Morgan fingerprint density at radius 1 is 1.27 bits per heavy atom. The molecule has 1 N–H and O–H groups in total. The highest BCUT2D eigenvalue weighted by Crippen LogP contribution is 2.26. The molecule has 0 spiro atoms. The predicted octanol–water partition coefficient (Wildman–Crippen LogP) is 3.31. The molecular formula is C11H11FN2S. The Morgan fingerprint density at radius 3 is 2.60 bits per heavy atom. The number of nitrogens with zero attached hydrogens (tertiary/aromatic N) is 1. The second-order valence-electron chi connectivity index (χ2n) is 3.70. The molecule has 0 saturated heterocycles. The Morgan fingerprint density at radius 2 is 1.93 bits per heavy atom. The molecule has 0 bridgehead atoms. The number of aromatic nitrogens is 2. The summed E-state index contributed by atoms with van der Waals surface area (Å²) >= 11 is 5.05. The Labute approximate surface area is 92.5 Å². The molecule has 0 aromatic carbocycles. The van der Waals surface area contributed by atoms with Gasteiger partial charge in [0, 0.05) is 11.1 Å². The van der Waals surface area contributed by atoms with E-state index in [1.54, 1.807) is 6.92 Å². The maximum atomic E-state index is 13.4. The summed E-state index contributed by atoms with van der Waals surface area (Å²) in [5.74, 6) is 0.178. The van der Waals surface area contributed by atoms with E-state index in [1.165, 1.54) is 0 Å². The van der Waals surface area contributed by atoms with Gasteiger partial charge in [0.05, 0.1) is 0 Å². The summed E-state index contributed by atoms with van der Waals surface area (Å²) in [7, 11) is 0. The molecule has 2 rings (SSSR count). The Kier molecular flexibility index (Phi) is 2.31. The fourth-order valence-corrected chi connectivity index (χ4v) is 1.69. The molecule has 2 aliphatic heterocycles. The highest BCUT2D eigenvalue weighted by Gasteiger charge is 2.13. The first-order valence-electron chi connectivity index (χ1n) is 4.67. The molecule has 0 fully saturated rings. The van der Waals surface area contributed by atoms with Gasteiger partial charge < -0.3 is 4.98 Å². The maximum absolute atomic E-state index is 13.4. The Hall–Kier alpha value is -1.29. The minimum Gasteiger partial charge on any atom is -0.316 e. The van der Waals surface area contributed by atoms with Gasteiger partial charge in [0.25, 0.3) is 0 Å². The topological polar surface area (TPSA) is 28.7 Å². The molecule has 4 heteroatoms. The second-order valence-corrected chi connectivity index (χ2v) is 4.08. The molecule has 78 valence electrons. The molecule has 0 aromatic rings. The quantitative estimate of drug-likeness (QED) is 0.547. The number of fused-ring (bicyclic) bond motifs is 1. The van der Waals surface area contributed by atoms with E-state index in [1.807, 2.05) is 19.9 Å². The number of pyridine rings is 2. The first-order valence-corrected chi connectivity index (χ1v) is 5.08. The predicted molar refractivity (Wildman–Crippen MR) is 60.2 cm³/mol. The van der Waals surface area contributed by atoms with Crippen LogP contribution in [-0.2, 0) is 0 Å². The number of nitrogens with one attached hydrogen (secondary N) is 1. The van der Waals surface area contributed by atoms with Crippen LogP contribution in [0.3, 0.4) is 0 Å². The largest absolute Gasteiger partial charge is 0.316 e. The van der Waals surface area contributed by atoms with Crippen molar-refractivity contribution in [2.45, 2.75) is 20.8 Å². The Balaban J connectivity index is 2.94. The van der Waals surface area contributed by atoms with Gasteiger partial charge in [-0.3, -0.25) is 0 Å². The van der Waals surface area contributed by atoms with Crippen molar-refractivity contribution >= 4 is 12.2 Å². The van der Waals surface area contributed by atoms with Gasteiger partial charge in [0.15, 0.2) is 5.95 Å². The summed E-state index contributed by atoms with van der Waals surface area (Å²) in [5.41, 5.74) is 3.41. The lowest BCUT2D eigenvalue weighted by molar-refractivity contribution is 0.572. The lowest BCUT2D eigenvalue weighted by Gasteiger charge is -2.12. The van der Waals surface area contributed by atoms with E-state index in [0.29, 0.717) is 16.0 Å². The number of rotatable bonds is 0. The number of aryl methyl sites for hydroxylation is 1. The zero-order chi connectivity index (χ0) is 11.2. The van der Waals surface area contributed by atoms with Gasteiger partial charge in [-0.15, -0.1) is 0 Å². The van der Waals surface area contributed by atoms with Crippen molar-refractivity contribution in [1.82, 2.24) is 9.97 Å². The van der Waals surface area contributed by atoms with E-state index >= 15 is 0 Å². The molecule has 0 amide bonds. The van der Waals surface area contributed by atoms with Gasteiger partial charge in [0.2, 0.25) is 0 Å². The molecule has 15 heavy (non-hydrogen) atoms. The highest BCUT2D eigenvalue weighted by atomic mass is 32.1. The fourth-order valence-electron chi connectivity index (χ4n) is 1.54. The van der Waals surface area contributed by atoms with Crippen LogP contribution in [0, 0.1) is 31.4 Å². The lowest BCUT2D eigenvalue weighted by atomic mass is 10.0. The summed E-state index contributed by atoms with van der Waals surface area (Å²) < 4.78 is 13.9. The van der Waals surface area contributed by atoms with Crippen LogP contribution in [-0.4, -0.2) is 9.97 Å². The fraction of sp³-hybridized carbons (Fsp3) is 0.273. The van der Waals surface area contributed by atoms with E-state index in [-0.39, 0.29) is 5.95 Å². The Bertz CT molecular complexity index is 560. The summed E-state index contributed by atoms with van der Waals surface area (Å²) in [6, 6.07) is 1.95. The van der Waals surface area contributed by atoms with Gasteiger partial charge in [-0.25, -0.2) is 4.98 Å². The minimum absolute atomic E-state index is 0.342. The zero-order valence-corrected chi connectivity index (χ0v) is 9.63.